The van der Waals surface area contributed by atoms with Gasteiger partial charge in [0, 0.05) is 13.0 Å². The van der Waals surface area contributed by atoms with Crippen LogP contribution >= 0.6 is 8.25 Å². The van der Waals surface area contributed by atoms with Crippen LogP contribution in [0, 0.1) is 0 Å². The van der Waals surface area contributed by atoms with Crippen LogP contribution < -0.4 is 5.48 Å². The van der Waals surface area contributed by atoms with Crippen LogP contribution in [-0.2, 0) is 18.5 Å². The van der Waals surface area contributed by atoms with Crippen LogP contribution in [0.3, 0.4) is 0 Å². The second-order valence-electron chi connectivity index (χ2n) is 3.64. The molecule has 90 valence electrons. The lowest BCUT2D eigenvalue weighted by atomic mass is 10.1. The molecule has 0 saturated carbocycles. The van der Waals surface area contributed by atoms with E-state index >= 15 is 0 Å². The van der Waals surface area contributed by atoms with E-state index in [-0.39, 0.29) is 18.3 Å². The first kappa shape index (κ1) is 13.1. The highest BCUT2D eigenvalue weighted by atomic mass is 31.1. The Labute approximate surface area is 91.4 Å². The molecular formula is C9H20NO4P. The average Bonchev–Trinajstić information content (AvgIpc) is 2.55. The van der Waals surface area contributed by atoms with Gasteiger partial charge >= 0.3 is 8.25 Å². The van der Waals surface area contributed by atoms with Crippen molar-refractivity contribution in [3.63, 3.8) is 0 Å². The number of hydroxylamine groups is 1. The topological polar surface area (TPSA) is 56.8 Å². The van der Waals surface area contributed by atoms with Crippen LogP contribution in [0.15, 0.2) is 0 Å². The van der Waals surface area contributed by atoms with Gasteiger partial charge in [-0.05, 0) is 13.3 Å². The lowest BCUT2D eigenvalue weighted by molar-refractivity contribution is 0.0167. The van der Waals surface area contributed by atoms with Crippen molar-refractivity contribution in [1.82, 2.24) is 5.48 Å². The summed E-state index contributed by atoms with van der Waals surface area (Å²) in [5.41, 5.74) is 2.53. The van der Waals surface area contributed by atoms with Crippen molar-refractivity contribution in [1.29, 1.82) is 0 Å². The maximum absolute atomic E-state index is 11.3. The summed E-state index contributed by atoms with van der Waals surface area (Å²) in [4.78, 5) is 0. The minimum absolute atomic E-state index is 0.0409. The zero-order valence-electron chi connectivity index (χ0n) is 9.49. The summed E-state index contributed by atoms with van der Waals surface area (Å²) < 4.78 is 27.1. The maximum atomic E-state index is 11.3. The Morgan fingerprint density at radius 1 is 1.53 bits per heavy atom. The third-order valence-corrected chi connectivity index (χ3v) is 3.14. The molecule has 4 atom stereocenters. The van der Waals surface area contributed by atoms with Gasteiger partial charge in [0.15, 0.2) is 0 Å². The molecule has 1 fully saturated rings. The molecule has 0 aromatic heterocycles. The number of hydrogen-bond donors (Lipinski definition) is 1. The number of rotatable bonds is 6. The Bertz CT molecular complexity index is 214. The van der Waals surface area contributed by atoms with Crippen molar-refractivity contribution in [2.45, 2.75) is 51.9 Å². The van der Waals surface area contributed by atoms with E-state index < -0.39 is 8.25 Å². The number of hydrogen-bond acceptors (Lipinski definition) is 5. The molecule has 0 aliphatic carbocycles. The zero-order chi connectivity index (χ0) is 11.3. The lowest BCUT2D eigenvalue weighted by Crippen LogP contribution is -2.22. The van der Waals surface area contributed by atoms with E-state index in [1.54, 1.807) is 0 Å². The standard InChI is InChI=1S/C9H20NO4P/c1-4-8-9(6-7(3)12-8)13-15(11)14-10-5-2/h7-10,15H,4-6H2,1-3H3. The molecule has 0 amide bonds. The molecule has 1 saturated heterocycles. The van der Waals surface area contributed by atoms with Crippen molar-refractivity contribution < 1.29 is 18.5 Å². The number of ether oxygens (including phenoxy) is 1. The molecular weight excluding hydrogens is 217 g/mol. The molecule has 15 heavy (non-hydrogen) atoms. The van der Waals surface area contributed by atoms with Gasteiger partial charge in [-0.2, -0.15) is 5.48 Å². The Morgan fingerprint density at radius 3 is 2.87 bits per heavy atom. The minimum Gasteiger partial charge on any atom is -0.372 e. The summed E-state index contributed by atoms with van der Waals surface area (Å²) >= 11 is 0. The summed E-state index contributed by atoms with van der Waals surface area (Å²) in [7, 11) is -2.44. The lowest BCUT2D eigenvalue weighted by Gasteiger charge is -2.16. The van der Waals surface area contributed by atoms with Crippen molar-refractivity contribution in [3.8, 4) is 0 Å². The fourth-order valence-electron chi connectivity index (χ4n) is 1.68. The van der Waals surface area contributed by atoms with Crippen LogP contribution in [0.1, 0.15) is 33.6 Å². The molecule has 1 aliphatic heterocycles. The molecule has 0 bridgehead atoms. The summed E-state index contributed by atoms with van der Waals surface area (Å²) in [6.07, 6.45) is 1.76. The Hall–Kier alpha value is 0.0700. The molecule has 5 nitrogen and oxygen atoms in total. The van der Waals surface area contributed by atoms with Crippen molar-refractivity contribution >= 4 is 8.25 Å². The smallest absolute Gasteiger partial charge is 0.335 e. The van der Waals surface area contributed by atoms with E-state index in [1.165, 1.54) is 0 Å². The van der Waals surface area contributed by atoms with Crippen LogP contribution in [-0.4, -0.2) is 24.9 Å². The second kappa shape index (κ2) is 6.61. The van der Waals surface area contributed by atoms with Gasteiger partial charge in [0.05, 0.1) is 18.3 Å². The molecule has 6 heteroatoms. The SMILES string of the molecule is CCNO[PH](=O)OC1CC(C)OC1CC. The molecule has 0 aromatic carbocycles. The molecule has 1 N–H and O–H groups in total. The Kier molecular flexibility index (Phi) is 5.79. The van der Waals surface area contributed by atoms with Gasteiger partial charge < -0.3 is 9.26 Å². The van der Waals surface area contributed by atoms with Gasteiger partial charge in [0.2, 0.25) is 0 Å². The van der Waals surface area contributed by atoms with E-state index in [4.69, 9.17) is 13.9 Å². The minimum atomic E-state index is -2.44. The third-order valence-electron chi connectivity index (χ3n) is 2.34. The van der Waals surface area contributed by atoms with Gasteiger partial charge in [-0.25, -0.2) is 4.62 Å². The fraction of sp³-hybridized carbons (Fsp3) is 1.00. The van der Waals surface area contributed by atoms with E-state index in [1.807, 2.05) is 20.8 Å². The van der Waals surface area contributed by atoms with Crippen LogP contribution in [0.5, 0.6) is 0 Å². The van der Waals surface area contributed by atoms with E-state index in [0.29, 0.717) is 6.54 Å². The normalized spacial score (nSPS) is 33.1. The Balaban J connectivity index is 2.33. The highest BCUT2D eigenvalue weighted by molar-refractivity contribution is 7.33. The van der Waals surface area contributed by atoms with Gasteiger partial charge in [0.1, 0.15) is 0 Å². The fourth-order valence-corrected chi connectivity index (χ4v) is 2.49. The molecule has 0 radical (unpaired) electrons. The highest BCUT2D eigenvalue weighted by Gasteiger charge is 2.33. The molecule has 1 rings (SSSR count). The summed E-state index contributed by atoms with van der Waals surface area (Å²) in [5.74, 6) is 0. The van der Waals surface area contributed by atoms with Gasteiger partial charge in [0.25, 0.3) is 0 Å². The van der Waals surface area contributed by atoms with Crippen LogP contribution in [0.4, 0.5) is 0 Å². The predicted octanol–water partition coefficient (Wildman–Crippen LogP) is 1.89. The number of nitrogens with one attached hydrogen (secondary N) is 1. The molecule has 0 spiro atoms. The quantitative estimate of drug-likeness (QED) is 0.564. The molecule has 0 aromatic rings. The van der Waals surface area contributed by atoms with Gasteiger partial charge in [-0.15, -0.1) is 0 Å². The Morgan fingerprint density at radius 2 is 2.27 bits per heavy atom. The van der Waals surface area contributed by atoms with E-state index in [2.05, 4.69) is 5.48 Å². The zero-order valence-corrected chi connectivity index (χ0v) is 10.5. The largest absolute Gasteiger partial charge is 0.372 e. The molecule has 1 heterocycles. The summed E-state index contributed by atoms with van der Waals surface area (Å²) in [6.45, 7) is 6.50. The monoisotopic (exact) mass is 237 g/mol. The first-order valence-corrected chi connectivity index (χ1v) is 6.65. The maximum Gasteiger partial charge on any atom is 0.335 e. The average molecular weight is 237 g/mol. The van der Waals surface area contributed by atoms with Crippen molar-refractivity contribution in [3.05, 3.63) is 0 Å². The van der Waals surface area contributed by atoms with E-state index in [0.717, 1.165) is 12.8 Å². The van der Waals surface area contributed by atoms with Crippen molar-refractivity contribution in [2.24, 2.45) is 0 Å². The first-order chi connectivity index (χ1) is 7.17. The predicted molar refractivity (Wildman–Crippen MR) is 57.9 cm³/mol. The second-order valence-corrected chi connectivity index (χ2v) is 4.58. The first-order valence-electron chi connectivity index (χ1n) is 5.43. The van der Waals surface area contributed by atoms with E-state index in [9.17, 15) is 4.57 Å². The molecule has 1 aliphatic rings. The summed E-state index contributed by atoms with van der Waals surface area (Å²) in [5, 5.41) is 0. The van der Waals surface area contributed by atoms with Crippen LogP contribution in [0.2, 0.25) is 0 Å². The van der Waals surface area contributed by atoms with Crippen molar-refractivity contribution in [2.75, 3.05) is 6.54 Å². The van der Waals surface area contributed by atoms with Gasteiger partial charge in [-0.3, -0.25) is 4.57 Å². The highest BCUT2D eigenvalue weighted by Crippen LogP contribution is 2.33. The molecule has 4 unspecified atom stereocenters. The third kappa shape index (κ3) is 4.21. The van der Waals surface area contributed by atoms with Gasteiger partial charge in [-0.1, -0.05) is 13.8 Å². The van der Waals surface area contributed by atoms with Crippen LogP contribution in [0.25, 0.3) is 0 Å². The summed E-state index contributed by atoms with van der Waals surface area (Å²) in [6, 6.07) is 0.